The molecule has 1 N–H and O–H groups in total. The number of benzene rings is 1. The highest BCUT2D eigenvalue weighted by Gasteiger charge is 2.42. The van der Waals surface area contributed by atoms with Gasteiger partial charge in [-0.3, -0.25) is 4.79 Å². The molecule has 0 saturated heterocycles. The smallest absolute Gasteiger partial charge is 0.311 e. The van der Waals surface area contributed by atoms with Gasteiger partial charge >= 0.3 is 5.97 Å². The van der Waals surface area contributed by atoms with Crippen LogP contribution in [0.25, 0.3) is 0 Å². The molecule has 0 radical (unpaired) electrons. The molecular weight excluding hydrogens is 625 g/mol. The van der Waals surface area contributed by atoms with E-state index in [9.17, 15) is 9.90 Å². The summed E-state index contributed by atoms with van der Waals surface area (Å²) in [6, 6.07) is 7.87. The van der Waals surface area contributed by atoms with Gasteiger partial charge in [-0.25, -0.2) is 0 Å². The third-order valence-corrected chi connectivity index (χ3v) is 18.9. The molecule has 0 aliphatic heterocycles. The summed E-state index contributed by atoms with van der Waals surface area (Å²) in [5, 5.41) is 9.72. The van der Waals surface area contributed by atoms with Crippen LogP contribution >= 0.6 is 0 Å². The molecule has 0 fully saturated rings. The number of ether oxygens (including phenoxy) is 3. The molecule has 0 aliphatic rings. The van der Waals surface area contributed by atoms with Crippen molar-refractivity contribution < 1.29 is 33.0 Å². The summed E-state index contributed by atoms with van der Waals surface area (Å²) in [6.07, 6.45) is 5.50. The first-order valence-corrected chi connectivity index (χ1v) is 22.6. The molecule has 0 aromatic heterocycles. The van der Waals surface area contributed by atoms with Crippen molar-refractivity contribution in [3.63, 3.8) is 0 Å². The standard InChI is InChI=1S/C38H66O7Si2/c1-27(25-39)23-29(3)34(43-26-31-18-20-32(41-11)21-19-31)24-35(45-47(15,16)38(8,9)10)28(2)17-22-33(30(4)36(40)42-12)44-46(13,14)37(5,6)7/h17-23,29-30,33-35,39H,2,24-26H2,1,3-16H3/b22-17+,27-23+/t29-,30-,33+,34+,35-/m1/s1. The summed E-state index contributed by atoms with van der Waals surface area (Å²) in [5.74, 6) is -0.0183. The molecule has 1 aromatic carbocycles. The number of carbonyl (C=O) groups excluding carboxylic acids is 1. The van der Waals surface area contributed by atoms with Gasteiger partial charge in [-0.2, -0.15) is 0 Å². The quantitative estimate of drug-likeness (QED) is 0.0712. The Bertz CT molecular complexity index is 1190. The lowest BCUT2D eigenvalue weighted by molar-refractivity contribution is -0.147. The van der Waals surface area contributed by atoms with Gasteiger partial charge in [-0.15, -0.1) is 0 Å². The van der Waals surface area contributed by atoms with Crippen LogP contribution < -0.4 is 4.74 Å². The first-order valence-electron chi connectivity index (χ1n) is 16.8. The van der Waals surface area contributed by atoms with Crippen molar-refractivity contribution in [2.24, 2.45) is 11.8 Å². The Labute approximate surface area is 289 Å². The first-order chi connectivity index (χ1) is 21.5. The van der Waals surface area contributed by atoms with E-state index in [4.69, 9.17) is 23.1 Å². The Hall–Kier alpha value is -2.02. The number of hydrogen-bond donors (Lipinski definition) is 1. The van der Waals surface area contributed by atoms with E-state index in [1.807, 2.05) is 50.3 Å². The Balaban J connectivity index is 3.57. The van der Waals surface area contributed by atoms with Crippen molar-refractivity contribution in [1.29, 1.82) is 0 Å². The highest BCUT2D eigenvalue weighted by molar-refractivity contribution is 6.74. The number of esters is 1. The van der Waals surface area contributed by atoms with Crippen LogP contribution in [0.15, 0.2) is 60.2 Å². The average Bonchev–Trinajstić information content (AvgIpc) is 2.98. The highest BCUT2D eigenvalue weighted by Crippen LogP contribution is 2.40. The van der Waals surface area contributed by atoms with Crippen molar-refractivity contribution in [2.45, 2.75) is 130 Å². The summed E-state index contributed by atoms with van der Waals surface area (Å²) in [6.45, 7) is 32.9. The van der Waals surface area contributed by atoms with E-state index >= 15 is 0 Å². The minimum atomic E-state index is -2.25. The van der Waals surface area contributed by atoms with Gasteiger partial charge in [0, 0.05) is 12.3 Å². The van der Waals surface area contributed by atoms with Crippen LogP contribution in [0.3, 0.4) is 0 Å². The van der Waals surface area contributed by atoms with Crippen LogP contribution in [0, 0.1) is 11.8 Å². The minimum absolute atomic E-state index is 0.00305. The van der Waals surface area contributed by atoms with E-state index in [1.54, 1.807) is 7.11 Å². The molecule has 1 aromatic rings. The van der Waals surface area contributed by atoms with Gasteiger partial charge in [0.25, 0.3) is 0 Å². The molecule has 0 saturated carbocycles. The Kier molecular flexibility index (Phi) is 16.6. The van der Waals surface area contributed by atoms with Crippen molar-refractivity contribution in [3.8, 4) is 5.75 Å². The predicted octanol–water partition coefficient (Wildman–Crippen LogP) is 9.25. The van der Waals surface area contributed by atoms with Crippen LogP contribution in [-0.4, -0.2) is 66.8 Å². The maximum atomic E-state index is 12.7. The number of aliphatic hydroxyl groups is 1. The number of carbonyl (C=O) groups is 1. The largest absolute Gasteiger partial charge is 0.497 e. The molecule has 7 nitrogen and oxygen atoms in total. The molecule has 47 heavy (non-hydrogen) atoms. The van der Waals surface area contributed by atoms with Crippen molar-refractivity contribution in [3.05, 3.63) is 65.8 Å². The van der Waals surface area contributed by atoms with E-state index in [1.165, 1.54) is 7.11 Å². The molecule has 0 aliphatic carbocycles. The lowest BCUT2D eigenvalue weighted by Crippen LogP contribution is -2.46. The third kappa shape index (κ3) is 13.4. The summed E-state index contributed by atoms with van der Waals surface area (Å²) in [4.78, 5) is 12.7. The second-order valence-corrected chi connectivity index (χ2v) is 25.4. The summed E-state index contributed by atoms with van der Waals surface area (Å²) in [5.41, 5.74) is 2.72. The highest BCUT2D eigenvalue weighted by atomic mass is 28.4. The monoisotopic (exact) mass is 690 g/mol. The normalized spacial score (nSPS) is 16.8. The lowest BCUT2D eigenvalue weighted by atomic mass is 9.93. The molecule has 5 atom stereocenters. The van der Waals surface area contributed by atoms with Crippen LogP contribution in [-0.2, 0) is 29.7 Å². The zero-order chi connectivity index (χ0) is 36.4. The maximum Gasteiger partial charge on any atom is 0.311 e. The van der Waals surface area contributed by atoms with Crippen LogP contribution in [0.2, 0.25) is 36.3 Å². The zero-order valence-corrected chi connectivity index (χ0v) is 34.2. The first kappa shape index (κ1) is 43.0. The fraction of sp³-hybridized carbons (Fsp3) is 0.658. The zero-order valence-electron chi connectivity index (χ0n) is 32.2. The van der Waals surface area contributed by atoms with E-state index in [0.717, 1.165) is 22.5 Å². The molecule has 1 rings (SSSR count). The fourth-order valence-electron chi connectivity index (χ4n) is 4.46. The summed E-state index contributed by atoms with van der Waals surface area (Å²) in [7, 11) is -1.42. The van der Waals surface area contributed by atoms with Crippen LogP contribution in [0.4, 0.5) is 0 Å². The van der Waals surface area contributed by atoms with Gasteiger partial charge in [0.15, 0.2) is 16.6 Å². The van der Waals surface area contributed by atoms with E-state index in [2.05, 4.69) is 87.3 Å². The minimum Gasteiger partial charge on any atom is -0.497 e. The molecule has 0 amide bonds. The lowest BCUT2D eigenvalue weighted by Gasteiger charge is -2.41. The molecule has 0 unspecified atom stereocenters. The fourth-order valence-corrected chi connectivity index (χ4v) is 7.09. The molecule has 9 heteroatoms. The second kappa shape index (κ2) is 18.1. The van der Waals surface area contributed by atoms with Crippen molar-refractivity contribution in [2.75, 3.05) is 20.8 Å². The number of aliphatic hydroxyl groups excluding tert-OH is 1. The van der Waals surface area contributed by atoms with Crippen molar-refractivity contribution >= 4 is 22.6 Å². The SMILES string of the molecule is C=C(/C=C/[C@H](O[Si](C)(C)C(C)(C)C)[C@@H](C)C(=O)OC)[C@@H](C[C@H](OCc1ccc(OC)cc1)[C@H](C)/C=C(\C)CO)O[Si](C)(C)C(C)(C)C. The molecule has 0 spiro atoms. The van der Waals surface area contributed by atoms with Crippen LogP contribution in [0.5, 0.6) is 5.75 Å². The number of methoxy groups -OCH3 is 2. The van der Waals surface area contributed by atoms with Gasteiger partial charge in [-0.05, 0) is 73.4 Å². The van der Waals surface area contributed by atoms with E-state index < -0.39 is 28.7 Å². The van der Waals surface area contributed by atoms with Gasteiger partial charge in [0.1, 0.15) is 5.75 Å². The third-order valence-electron chi connectivity index (χ3n) is 9.91. The maximum absolute atomic E-state index is 12.7. The molecular formula is C38H66O7Si2. The van der Waals surface area contributed by atoms with Gasteiger partial charge in [0.05, 0.1) is 51.7 Å². The van der Waals surface area contributed by atoms with Crippen molar-refractivity contribution in [1.82, 2.24) is 0 Å². The predicted molar refractivity (Wildman–Crippen MR) is 200 cm³/mol. The Morgan fingerprint density at radius 1 is 0.936 bits per heavy atom. The van der Waals surface area contributed by atoms with Gasteiger partial charge in [0.2, 0.25) is 0 Å². The molecule has 0 heterocycles. The average molecular weight is 691 g/mol. The Morgan fingerprint density at radius 2 is 1.47 bits per heavy atom. The van der Waals surface area contributed by atoms with Crippen LogP contribution in [0.1, 0.15) is 74.3 Å². The van der Waals surface area contributed by atoms with E-state index in [0.29, 0.717) is 13.0 Å². The summed E-state index contributed by atoms with van der Waals surface area (Å²) >= 11 is 0. The topological polar surface area (TPSA) is 83.5 Å². The van der Waals surface area contributed by atoms with Gasteiger partial charge < -0.3 is 28.2 Å². The van der Waals surface area contributed by atoms with E-state index in [-0.39, 0.29) is 40.8 Å². The Morgan fingerprint density at radius 3 is 1.94 bits per heavy atom. The number of rotatable bonds is 18. The molecule has 0 bridgehead atoms. The second-order valence-electron chi connectivity index (χ2n) is 15.9. The summed E-state index contributed by atoms with van der Waals surface area (Å²) < 4.78 is 30.9. The number of hydrogen-bond acceptors (Lipinski definition) is 7. The van der Waals surface area contributed by atoms with Gasteiger partial charge in [-0.1, -0.05) is 91.0 Å². The molecule has 268 valence electrons.